The molecule has 1 saturated heterocycles. The smallest absolute Gasteiger partial charge is 0.311 e. The summed E-state index contributed by atoms with van der Waals surface area (Å²) < 4.78 is 16.0. The zero-order chi connectivity index (χ0) is 11.5. The average Bonchev–Trinajstić information content (AvgIpc) is 2.64. The third-order valence-corrected chi connectivity index (χ3v) is 2.22. The van der Waals surface area contributed by atoms with E-state index in [1.807, 2.05) is 27.7 Å². The lowest BCUT2D eigenvalue weighted by Gasteiger charge is -2.25. The largest absolute Gasteiger partial charge is 0.457 e. The van der Waals surface area contributed by atoms with Crippen LogP contribution < -0.4 is 0 Å². The van der Waals surface area contributed by atoms with Gasteiger partial charge < -0.3 is 14.2 Å². The van der Waals surface area contributed by atoms with Crippen LogP contribution in [0.15, 0.2) is 0 Å². The minimum absolute atomic E-state index is 0.214. The summed E-state index contributed by atoms with van der Waals surface area (Å²) >= 11 is 0. The second-order valence-electron chi connectivity index (χ2n) is 4.71. The first kappa shape index (κ1) is 12.5. The number of ether oxygens (including phenoxy) is 3. The first-order valence-corrected chi connectivity index (χ1v) is 5.39. The van der Waals surface area contributed by atoms with E-state index < -0.39 is 5.41 Å². The van der Waals surface area contributed by atoms with Crippen LogP contribution >= 0.6 is 0 Å². The molecule has 0 bridgehead atoms. The molecular formula is C11H20O4. The van der Waals surface area contributed by atoms with Gasteiger partial charge in [0.2, 0.25) is 0 Å². The van der Waals surface area contributed by atoms with Gasteiger partial charge in [-0.3, -0.25) is 4.79 Å². The molecule has 4 nitrogen and oxygen atoms in total. The first-order valence-electron chi connectivity index (χ1n) is 5.39. The number of esters is 1. The molecule has 1 unspecified atom stereocenters. The van der Waals surface area contributed by atoms with Crippen LogP contribution in [0.4, 0.5) is 0 Å². The molecule has 15 heavy (non-hydrogen) atoms. The molecule has 4 heteroatoms. The predicted molar refractivity (Wildman–Crippen MR) is 55.3 cm³/mol. The van der Waals surface area contributed by atoms with Crippen molar-refractivity contribution in [3.05, 3.63) is 0 Å². The molecule has 1 atom stereocenters. The summed E-state index contributed by atoms with van der Waals surface area (Å²) in [5.41, 5.74) is -0.480. The van der Waals surface area contributed by atoms with Crippen LogP contribution in [-0.2, 0) is 19.0 Å². The third-order valence-electron chi connectivity index (χ3n) is 2.22. The van der Waals surface area contributed by atoms with Gasteiger partial charge in [-0.2, -0.15) is 0 Å². The van der Waals surface area contributed by atoms with Gasteiger partial charge in [-0.25, -0.2) is 0 Å². The number of hydrogen-bond acceptors (Lipinski definition) is 4. The highest BCUT2D eigenvalue weighted by Crippen LogP contribution is 2.21. The number of hydrogen-bond donors (Lipinski definition) is 0. The fraction of sp³-hybridized carbons (Fsp3) is 0.909. The topological polar surface area (TPSA) is 44.8 Å². The standard InChI is InChI=1S/C11H20O4/c1-5-8(9-13-6-7-14-9)15-10(12)11(2,3)4/h8-9H,5-7H2,1-4H3. The second-order valence-corrected chi connectivity index (χ2v) is 4.71. The predicted octanol–water partition coefficient (Wildman–Crippen LogP) is 1.73. The van der Waals surface area contributed by atoms with Crippen LogP contribution in [-0.4, -0.2) is 31.6 Å². The van der Waals surface area contributed by atoms with Gasteiger partial charge in [0.1, 0.15) is 0 Å². The van der Waals surface area contributed by atoms with Crippen LogP contribution in [0.2, 0.25) is 0 Å². The Balaban J connectivity index is 2.49. The maximum absolute atomic E-state index is 11.7. The van der Waals surface area contributed by atoms with Gasteiger partial charge in [-0.1, -0.05) is 6.92 Å². The first-order chi connectivity index (χ1) is 6.95. The lowest BCUT2D eigenvalue weighted by Crippen LogP contribution is -2.35. The highest BCUT2D eigenvalue weighted by atomic mass is 16.7. The summed E-state index contributed by atoms with van der Waals surface area (Å²) in [6.45, 7) is 8.60. The van der Waals surface area contributed by atoms with E-state index in [-0.39, 0.29) is 18.4 Å². The number of carbonyl (C=O) groups excluding carboxylic acids is 1. The summed E-state index contributed by atoms with van der Waals surface area (Å²) in [5, 5.41) is 0. The molecule has 0 saturated carbocycles. The van der Waals surface area contributed by atoms with Crippen LogP contribution in [0.5, 0.6) is 0 Å². The van der Waals surface area contributed by atoms with Crippen molar-refractivity contribution < 1.29 is 19.0 Å². The molecule has 88 valence electrons. The van der Waals surface area contributed by atoms with E-state index in [0.717, 1.165) is 0 Å². The SMILES string of the molecule is CCC(OC(=O)C(C)(C)C)C1OCCO1. The molecule has 1 rings (SSSR count). The molecule has 0 aliphatic carbocycles. The Morgan fingerprint density at radius 3 is 2.33 bits per heavy atom. The molecule has 0 spiro atoms. The van der Waals surface area contributed by atoms with Crippen molar-refractivity contribution in [3.63, 3.8) is 0 Å². The van der Waals surface area contributed by atoms with Crippen molar-refractivity contribution >= 4 is 5.97 Å². The van der Waals surface area contributed by atoms with Gasteiger partial charge in [-0.05, 0) is 27.2 Å². The minimum Gasteiger partial charge on any atom is -0.457 e. The Hall–Kier alpha value is -0.610. The highest BCUT2D eigenvalue weighted by Gasteiger charge is 2.32. The fourth-order valence-corrected chi connectivity index (χ4v) is 1.24. The van der Waals surface area contributed by atoms with Crippen molar-refractivity contribution in [2.24, 2.45) is 5.41 Å². The molecule has 0 aromatic carbocycles. The van der Waals surface area contributed by atoms with Crippen molar-refractivity contribution in [2.75, 3.05) is 13.2 Å². The van der Waals surface area contributed by atoms with E-state index in [1.165, 1.54) is 0 Å². The van der Waals surface area contributed by atoms with E-state index in [4.69, 9.17) is 14.2 Å². The van der Waals surface area contributed by atoms with E-state index >= 15 is 0 Å². The molecule has 0 amide bonds. The van der Waals surface area contributed by atoms with E-state index in [0.29, 0.717) is 19.6 Å². The van der Waals surface area contributed by atoms with Crippen molar-refractivity contribution in [3.8, 4) is 0 Å². The number of carbonyl (C=O) groups is 1. The Kier molecular flexibility index (Phi) is 4.11. The fourth-order valence-electron chi connectivity index (χ4n) is 1.24. The molecule has 1 aliphatic rings. The molecule has 0 N–H and O–H groups in total. The van der Waals surface area contributed by atoms with Gasteiger partial charge in [0, 0.05) is 0 Å². The van der Waals surface area contributed by atoms with Crippen LogP contribution in [0.3, 0.4) is 0 Å². The maximum atomic E-state index is 11.7. The molecule has 1 aliphatic heterocycles. The van der Waals surface area contributed by atoms with E-state index in [9.17, 15) is 4.79 Å². The summed E-state index contributed by atoms with van der Waals surface area (Å²) in [7, 11) is 0. The van der Waals surface area contributed by atoms with Crippen LogP contribution in [0.1, 0.15) is 34.1 Å². The second kappa shape index (κ2) is 4.94. The normalized spacial score (nSPS) is 20.3. The van der Waals surface area contributed by atoms with Crippen molar-refractivity contribution in [1.82, 2.24) is 0 Å². The van der Waals surface area contributed by atoms with E-state index in [2.05, 4.69) is 0 Å². The monoisotopic (exact) mass is 216 g/mol. The molecule has 1 fully saturated rings. The van der Waals surface area contributed by atoms with Gasteiger partial charge in [0.15, 0.2) is 12.4 Å². The molecule has 0 aromatic heterocycles. The zero-order valence-electron chi connectivity index (χ0n) is 9.91. The van der Waals surface area contributed by atoms with Crippen LogP contribution in [0, 0.1) is 5.41 Å². The molecule has 1 heterocycles. The highest BCUT2D eigenvalue weighted by molar-refractivity contribution is 5.75. The Labute approximate surface area is 90.9 Å². The van der Waals surface area contributed by atoms with Gasteiger partial charge in [0.05, 0.1) is 18.6 Å². The summed E-state index contributed by atoms with van der Waals surface area (Å²) in [4.78, 5) is 11.7. The van der Waals surface area contributed by atoms with Gasteiger partial charge in [-0.15, -0.1) is 0 Å². The summed E-state index contributed by atoms with van der Waals surface area (Å²) in [6.07, 6.45) is 0.0208. The lowest BCUT2D eigenvalue weighted by molar-refractivity contribution is -0.182. The maximum Gasteiger partial charge on any atom is 0.311 e. The summed E-state index contributed by atoms with van der Waals surface area (Å²) in [5.74, 6) is -0.214. The van der Waals surface area contributed by atoms with Crippen molar-refractivity contribution in [1.29, 1.82) is 0 Å². The molecule has 0 aromatic rings. The molecular weight excluding hydrogens is 196 g/mol. The minimum atomic E-state index is -0.480. The summed E-state index contributed by atoms with van der Waals surface area (Å²) in [6, 6.07) is 0. The Bertz CT molecular complexity index is 213. The van der Waals surface area contributed by atoms with Crippen LogP contribution in [0.25, 0.3) is 0 Å². The Morgan fingerprint density at radius 2 is 1.93 bits per heavy atom. The molecule has 0 radical (unpaired) electrons. The van der Waals surface area contributed by atoms with Gasteiger partial charge >= 0.3 is 5.97 Å². The van der Waals surface area contributed by atoms with E-state index in [1.54, 1.807) is 0 Å². The lowest BCUT2D eigenvalue weighted by atomic mass is 9.97. The third kappa shape index (κ3) is 3.47. The average molecular weight is 216 g/mol. The van der Waals surface area contributed by atoms with Gasteiger partial charge in [0.25, 0.3) is 0 Å². The zero-order valence-corrected chi connectivity index (χ0v) is 9.91. The Morgan fingerprint density at radius 1 is 1.40 bits per heavy atom. The number of rotatable bonds is 3. The van der Waals surface area contributed by atoms with Crippen molar-refractivity contribution in [2.45, 2.75) is 46.5 Å². The quantitative estimate of drug-likeness (QED) is 0.674.